The number of nitriles is 1. The Balaban J connectivity index is 0.000000125. The Labute approximate surface area is 791 Å². The molecular weight excluding hydrogens is 1720 g/mol. The van der Waals surface area contributed by atoms with Crippen LogP contribution in [-0.4, -0.2) is 76.6 Å². The third-order valence-electron chi connectivity index (χ3n) is 20.6. The zero-order chi connectivity index (χ0) is 95.1. The molecule has 2 aliphatic rings. The quantitative estimate of drug-likeness (QED) is 0.161. The van der Waals surface area contributed by atoms with Crippen LogP contribution in [0.3, 0.4) is 0 Å². The average molecular weight is 1820 g/mol. The van der Waals surface area contributed by atoms with Crippen LogP contribution < -0.4 is 24.7 Å². The second kappa shape index (κ2) is 47.6. The molecule has 0 spiro atoms. The van der Waals surface area contributed by atoms with E-state index in [1.54, 1.807) is 59.6 Å². The third kappa shape index (κ3) is 28.4. The molecule has 14 heterocycles. The summed E-state index contributed by atoms with van der Waals surface area (Å²) in [6.07, 6.45) is 11.2. The number of furan rings is 3. The summed E-state index contributed by atoms with van der Waals surface area (Å²) >= 11 is 3.60. The molecule has 1 amide bonds. The molecule has 0 aliphatic carbocycles. The Hall–Kier alpha value is -16.2. The predicted molar refractivity (Wildman–Crippen MR) is 547 cm³/mol. The van der Waals surface area contributed by atoms with Gasteiger partial charge in [-0.05, 0) is 302 Å². The van der Waals surface area contributed by atoms with Gasteiger partial charge in [-0.15, -0.1) is 22.7 Å². The lowest BCUT2D eigenvalue weighted by Gasteiger charge is -2.18. The number of benzene rings is 10. The summed E-state index contributed by atoms with van der Waals surface area (Å²) in [4.78, 5) is 59.9. The highest BCUT2D eigenvalue weighted by molar-refractivity contribution is 7.17. The smallest absolute Gasteiger partial charge is 0.284 e. The number of thiophene rings is 2. The second-order valence-corrected chi connectivity index (χ2v) is 33.7. The standard InChI is InChI=1S/C12H12O2.C10H9NO2.C10H7NO.C10H9N.4C9H8N2.C9H10O2.2C9H8S.C8H8O2/c1-3-10(13)12-7-9-6-8(2)4-5-11(9)14-12;1-6-2-3-8-7(4-6)5-9(13-8)10(11)12;1-7-2-3-10-8(4-7)5-9(6-11)12-10;1-8-6-9-4-2-3-5-10(9)7-11-8;1-7-2-3-8-9(6-7)11-5-4-10-8;1-7-4-5-8-9(11-7)3-2-6-10-8;1-7-4-5-8-3-2-6-10-9(8)11-7;1-7-10-6-8-4-2-3-5-9(8)11-7;1-7-2-3-8-9(6-7)11-5-4-10-8;1-7-2-3-9-8(6-7)4-5-10-9;1-7-2-3-8-4-5-10-9(8)6-7;1-6-2-3-7-8(4-6)10-5-9-7/h4-7H,3H2,1-2H3;2-5H,1H3,(H2,11,12);2-5H,1H3;2-7H,1H3;4*2-6H,1H3;2-3,6H,4-5H2,1H3;2*2-6H,1H3;2-4H,5H2,1H3. The molecule has 0 atom stereocenters. The van der Waals surface area contributed by atoms with Crippen LogP contribution in [-0.2, 0) is 0 Å². The Bertz CT molecular complexity index is 7310. The number of ketones is 1. The van der Waals surface area contributed by atoms with E-state index < -0.39 is 5.91 Å². The van der Waals surface area contributed by atoms with Crippen LogP contribution in [0.15, 0.2) is 340 Å². The molecule has 2 aliphatic heterocycles. The number of Topliss-reactive ketones (excluding diaryl/α,β-unsaturated/α-hetero) is 1. The first-order valence-corrected chi connectivity index (χ1v) is 45.6. The number of hydrogen-bond donors (Lipinski definition) is 1. The van der Waals surface area contributed by atoms with E-state index in [2.05, 4.69) is 136 Å². The number of pyridine rings is 5. The molecule has 676 valence electrons. The van der Waals surface area contributed by atoms with Gasteiger partial charge >= 0.3 is 0 Å². The van der Waals surface area contributed by atoms with Gasteiger partial charge in [-0.1, -0.05) is 132 Å². The van der Waals surface area contributed by atoms with Gasteiger partial charge in [0.15, 0.2) is 45.9 Å². The number of primary amides is 1. The number of fused-ring (bicyclic) bond motifs is 12. The Morgan fingerprint density at radius 3 is 1.53 bits per heavy atom. The summed E-state index contributed by atoms with van der Waals surface area (Å²) in [5, 5.41) is 23.1. The van der Waals surface area contributed by atoms with Gasteiger partial charge < -0.3 is 37.9 Å². The lowest BCUT2D eigenvalue weighted by molar-refractivity contribution is 0.0960. The number of aryl methyl sites for hydroxylation is 12. The lowest BCUT2D eigenvalue weighted by atomic mass is 10.1. The largest absolute Gasteiger partial charge is 0.486 e. The number of hydrogen-bond acceptors (Lipinski definition) is 21. The first-order valence-electron chi connectivity index (χ1n) is 43.8. The van der Waals surface area contributed by atoms with E-state index in [-0.39, 0.29) is 11.5 Å². The van der Waals surface area contributed by atoms with E-state index in [1.165, 1.54) is 69.9 Å². The van der Waals surface area contributed by atoms with E-state index in [9.17, 15) is 9.59 Å². The van der Waals surface area contributed by atoms with Crippen molar-refractivity contribution in [2.45, 2.75) is 96.4 Å². The molecule has 20 nitrogen and oxygen atoms in total. The van der Waals surface area contributed by atoms with Gasteiger partial charge in [0.2, 0.25) is 12.6 Å². The predicted octanol–water partition coefficient (Wildman–Crippen LogP) is 28.0. The van der Waals surface area contributed by atoms with Crippen LogP contribution in [0.4, 0.5) is 0 Å². The third-order valence-corrected chi connectivity index (χ3v) is 22.4. The van der Waals surface area contributed by atoms with E-state index in [0.29, 0.717) is 43.5 Å². The van der Waals surface area contributed by atoms with Crippen molar-refractivity contribution in [3.05, 3.63) is 412 Å². The van der Waals surface area contributed by atoms with E-state index in [4.69, 9.17) is 43.2 Å². The number of para-hydroxylation sites is 1. The van der Waals surface area contributed by atoms with Crippen molar-refractivity contribution < 1.29 is 41.8 Å². The monoisotopic (exact) mass is 1820 g/mol. The number of carbonyl (C=O) groups excluding carboxylic acids is 2. The first kappa shape index (κ1) is 96.3. The van der Waals surface area contributed by atoms with Crippen LogP contribution in [0.1, 0.15) is 108 Å². The van der Waals surface area contributed by atoms with E-state index in [1.807, 2.05) is 295 Å². The summed E-state index contributed by atoms with van der Waals surface area (Å²) in [5.41, 5.74) is 25.9. The zero-order valence-corrected chi connectivity index (χ0v) is 79.2. The highest BCUT2D eigenvalue weighted by atomic mass is 32.1. The van der Waals surface area contributed by atoms with Gasteiger partial charge in [-0.25, -0.2) is 19.9 Å². The van der Waals surface area contributed by atoms with Crippen molar-refractivity contribution >= 4 is 142 Å². The molecule has 0 unspecified atom stereocenters. The van der Waals surface area contributed by atoms with Crippen molar-refractivity contribution in [2.75, 3.05) is 20.0 Å². The van der Waals surface area contributed by atoms with Gasteiger partial charge in [0.05, 0.1) is 27.6 Å². The number of carbonyl (C=O) groups is 2. The average Bonchev–Trinajstić information content (AvgIpc) is 1.65. The maximum absolute atomic E-state index is 11.4. The zero-order valence-electron chi connectivity index (χ0n) is 77.5. The molecule has 0 saturated carbocycles. The molecule has 22 heteroatoms. The second-order valence-electron chi connectivity index (χ2n) is 31.8. The summed E-state index contributed by atoms with van der Waals surface area (Å²) in [5.74, 6) is 4.84. The van der Waals surface area contributed by atoms with Crippen molar-refractivity contribution in [2.24, 2.45) is 5.73 Å². The lowest BCUT2D eigenvalue weighted by Crippen LogP contribution is -2.15. The van der Waals surface area contributed by atoms with Crippen LogP contribution in [0.25, 0.3) is 108 Å². The summed E-state index contributed by atoms with van der Waals surface area (Å²) in [6.45, 7) is 27.7. The van der Waals surface area contributed by atoms with Crippen molar-refractivity contribution in [1.29, 1.82) is 5.26 Å². The van der Waals surface area contributed by atoms with Crippen LogP contribution in [0.2, 0.25) is 0 Å². The Morgan fingerprint density at radius 2 is 0.822 bits per heavy atom. The molecule has 0 fully saturated rings. The highest BCUT2D eigenvalue weighted by Gasteiger charge is 2.14. The maximum atomic E-state index is 11.4. The number of rotatable bonds is 3. The van der Waals surface area contributed by atoms with Crippen LogP contribution in [0, 0.1) is 94.4 Å². The summed E-state index contributed by atoms with van der Waals surface area (Å²) in [7, 11) is 0. The van der Waals surface area contributed by atoms with Gasteiger partial charge in [0, 0.05) is 108 Å². The minimum atomic E-state index is -0.533. The first-order chi connectivity index (χ1) is 65.4. The molecule has 22 aromatic rings. The molecule has 12 aromatic heterocycles. The number of aromatic nitrogens is 9. The van der Waals surface area contributed by atoms with E-state index in [0.717, 1.165) is 123 Å². The van der Waals surface area contributed by atoms with Gasteiger partial charge in [0.1, 0.15) is 41.9 Å². The summed E-state index contributed by atoms with van der Waals surface area (Å²) < 4.78 is 39.6. The van der Waals surface area contributed by atoms with Crippen molar-refractivity contribution in [3.8, 4) is 29.1 Å². The molecular formula is C113H103N11O9S2. The fourth-order valence-corrected chi connectivity index (χ4v) is 15.4. The highest BCUT2D eigenvalue weighted by Crippen LogP contribution is 2.34. The fourth-order valence-electron chi connectivity index (χ4n) is 13.7. The number of nitrogens with zero attached hydrogens (tertiary/aromatic N) is 10. The molecule has 0 bridgehead atoms. The number of ether oxygens (including phenoxy) is 4. The normalized spacial score (nSPS) is 11.0. The van der Waals surface area contributed by atoms with Gasteiger partial charge in [-0.3, -0.25) is 34.5 Å². The van der Waals surface area contributed by atoms with Gasteiger partial charge in [-0.2, -0.15) is 5.26 Å². The Kier molecular flexibility index (Phi) is 33.9. The van der Waals surface area contributed by atoms with Gasteiger partial charge in [0.25, 0.3) is 5.91 Å². The number of nitrogens with two attached hydrogens (primary N) is 1. The number of amides is 1. The molecule has 135 heavy (non-hydrogen) atoms. The van der Waals surface area contributed by atoms with Crippen LogP contribution >= 0.6 is 22.7 Å². The molecule has 10 aromatic carbocycles. The van der Waals surface area contributed by atoms with E-state index >= 15 is 0 Å². The molecule has 0 saturated heterocycles. The summed E-state index contributed by atoms with van der Waals surface area (Å²) in [6, 6.07) is 94.0. The van der Waals surface area contributed by atoms with Crippen LogP contribution in [0.5, 0.6) is 23.0 Å². The Morgan fingerprint density at radius 1 is 0.341 bits per heavy atom. The minimum Gasteiger partial charge on any atom is -0.486 e. The van der Waals surface area contributed by atoms with Crippen molar-refractivity contribution in [3.63, 3.8) is 0 Å². The van der Waals surface area contributed by atoms with Crippen molar-refractivity contribution in [1.82, 2.24) is 44.9 Å². The molecule has 0 radical (unpaired) electrons. The molecule has 2 N–H and O–H groups in total. The maximum Gasteiger partial charge on any atom is 0.284 e. The fraction of sp³-hybridized carbons (Fsp3) is 0.150. The molecule has 24 rings (SSSR count). The SMILES string of the molecule is CCC(=O)c1cc2cc(C)ccc2o1.Cc1cc2ccccc2cn1.Cc1ccc2c(c1)OCCO2.Cc1ccc2c(c1)OCO2.Cc1ccc2cccnc2n1.Cc1ccc2ccsc2c1.Cc1ccc2ncccc2n1.Cc1ccc2nccnc2c1.Cc1ccc2oc(C#N)cc2c1.Cc1ccc2oc(C(N)=O)cc2c1.Cc1ccc2sccc2c1.Cc1ncc2ccccc2n1. The topological polar surface area (TPSA) is 276 Å². The minimum absolute atomic E-state index is 0.0545.